The zero-order chi connectivity index (χ0) is 16.5. The van der Waals surface area contributed by atoms with Crippen molar-refractivity contribution in [1.82, 2.24) is 10.6 Å². The molecule has 0 aromatic heterocycles. The van der Waals surface area contributed by atoms with Gasteiger partial charge in [0.1, 0.15) is 11.6 Å². The summed E-state index contributed by atoms with van der Waals surface area (Å²) in [4.78, 5) is 4.27. The highest BCUT2D eigenvalue weighted by atomic mass is 127. The van der Waals surface area contributed by atoms with Crippen LogP contribution in [0.4, 0.5) is 4.39 Å². The second kappa shape index (κ2) is 11.8. The molecule has 1 saturated carbocycles. The summed E-state index contributed by atoms with van der Waals surface area (Å²) in [6.07, 6.45) is 6.73. The fourth-order valence-corrected chi connectivity index (χ4v) is 3.47. The second-order valence-corrected chi connectivity index (χ2v) is 6.81. The number of rotatable bonds is 7. The first-order chi connectivity index (χ1) is 11.2. The summed E-state index contributed by atoms with van der Waals surface area (Å²) in [5, 5.41) is 7.58. The van der Waals surface area contributed by atoms with Gasteiger partial charge in [0.25, 0.3) is 0 Å². The van der Waals surface area contributed by atoms with Gasteiger partial charge in [-0.15, -0.1) is 24.0 Å². The van der Waals surface area contributed by atoms with Crippen LogP contribution in [0, 0.1) is 5.82 Å². The largest absolute Gasteiger partial charge is 0.494 e. The van der Waals surface area contributed by atoms with Crippen molar-refractivity contribution in [2.45, 2.75) is 37.0 Å². The maximum Gasteiger partial charge on any atom is 0.191 e. The number of ether oxygens (including phenoxy) is 1. The van der Waals surface area contributed by atoms with Crippen molar-refractivity contribution in [3.8, 4) is 5.75 Å². The highest BCUT2D eigenvalue weighted by Gasteiger charge is 2.24. The van der Waals surface area contributed by atoms with Gasteiger partial charge in [-0.2, -0.15) is 11.8 Å². The molecule has 7 heteroatoms. The number of aliphatic imine (C=N–C) groups is 1. The van der Waals surface area contributed by atoms with E-state index >= 15 is 0 Å². The topological polar surface area (TPSA) is 45.7 Å². The predicted octanol–water partition coefficient (Wildman–Crippen LogP) is 3.66. The van der Waals surface area contributed by atoms with Crippen LogP contribution >= 0.6 is 35.7 Å². The molecule has 0 radical (unpaired) electrons. The fourth-order valence-electron chi connectivity index (χ4n) is 2.67. The maximum atomic E-state index is 12.8. The molecule has 1 fully saturated rings. The minimum absolute atomic E-state index is 0. The normalized spacial score (nSPS) is 20.4. The van der Waals surface area contributed by atoms with Crippen molar-refractivity contribution in [1.29, 1.82) is 0 Å². The molecule has 0 amide bonds. The van der Waals surface area contributed by atoms with Crippen LogP contribution in [0.5, 0.6) is 5.75 Å². The minimum atomic E-state index is -0.246. The number of benzene rings is 1. The smallest absolute Gasteiger partial charge is 0.191 e. The Balaban J connectivity index is 0.00000288. The van der Waals surface area contributed by atoms with Gasteiger partial charge in [-0.3, -0.25) is 4.99 Å². The van der Waals surface area contributed by atoms with E-state index in [1.54, 1.807) is 19.2 Å². The van der Waals surface area contributed by atoms with Gasteiger partial charge in [0.2, 0.25) is 0 Å². The molecule has 0 saturated heterocycles. The number of thioether (sulfide) groups is 1. The molecule has 0 aliphatic heterocycles. The molecule has 2 atom stereocenters. The van der Waals surface area contributed by atoms with Crippen molar-refractivity contribution in [3.05, 3.63) is 30.1 Å². The molecular formula is C17H27FIN3OS. The lowest BCUT2D eigenvalue weighted by molar-refractivity contribution is 0.310. The highest BCUT2D eigenvalue weighted by Crippen LogP contribution is 2.27. The molecule has 0 heterocycles. The maximum absolute atomic E-state index is 12.8. The summed E-state index contributed by atoms with van der Waals surface area (Å²) in [7, 11) is 1.80. The van der Waals surface area contributed by atoms with Crippen LogP contribution in [0.1, 0.15) is 25.7 Å². The molecule has 1 aromatic carbocycles. The lowest BCUT2D eigenvalue weighted by Crippen LogP contribution is -2.43. The highest BCUT2D eigenvalue weighted by molar-refractivity contribution is 14.0. The quantitative estimate of drug-likeness (QED) is 0.278. The van der Waals surface area contributed by atoms with Crippen LogP contribution in [0.15, 0.2) is 29.3 Å². The van der Waals surface area contributed by atoms with E-state index in [1.165, 1.54) is 31.4 Å². The average molecular weight is 467 g/mol. The molecule has 2 N–H and O–H groups in total. The molecule has 0 bridgehead atoms. The molecule has 2 unspecified atom stereocenters. The van der Waals surface area contributed by atoms with Crippen molar-refractivity contribution in [2.24, 2.45) is 4.99 Å². The Morgan fingerprint density at radius 1 is 1.33 bits per heavy atom. The van der Waals surface area contributed by atoms with Crippen molar-refractivity contribution in [3.63, 3.8) is 0 Å². The third-order valence-corrected chi connectivity index (χ3v) is 5.07. The SMILES string of the molecule is CN=C(NCCCOc1ccc(F)cc1)NC1CCC(SC)C1.I. The van der Waals surface area contributed by atoms with Gasteiger partial charge in [-0.25, -0.2) is 4.39 Å². The minimum Gasteiger partial charge on any atom is -0.494 e. The van der Waals surface area contributed by atoms with Crippen LogP contribution in [0.3, 0.4) is 0 Å². The monoisotopic (exact) mass is 467 g/mol. The lowest BCUT2D eigenvalue weighted by atomic mass is 10.2. The first-order valence-corrected chi connectivity index (χ1v) is 9.38. The first kappa shape index (κ1) is 21.3. The van der Waals surface area contributed by atoms with E-state index in [9.17, 15) is 4.39 Å². The molecule has 24 heavy (non-hydrogen) atoms. The lowest BCUT2D eigenvalue weighted by Gasteiger charge is -2.17. The van der Waals surface area contributed by atoms with E-state index in [4.69, 9.17) is 4.74 Å². The van der Waals surface area contributed by atoms with Gasteiger partial charge >= 0.3 is 0 Å². The third-order valence-electron chi connectivity index (χ3n) is 3.98. The van der Waals surface area contributed by atoms with Crippen LogP contribution in [-0.4, -0.2) is 43.7 Å². The standard InChI is InChI=1S/C17H26FN3OS.HI/c1-19-17(21-14-6-9-16(12-14)23-2)20-10-3-11-22-15-7-4-13(18)5-8-15;/h4-5,7-8,14,16H,3,6,9-12H2,1-2H3,(H2,19,20,21);1H. The molecule has 4 nitrogen and oxygen atoms in total. The summed E-state index contributed by atoms with van der Waals surface area (Å²) in [5.41, 5.74) is 0. The van der Waals surface area contributed by atoms with E-state index in [2.05, 4.69) is 21.9 Å². The van der Waals surface area contributed by atoms with E-state index in [0.29, 0.717) is 18.4 Å². The van der Waals surface area contributed by atoms with Crippen molar-refractivity contribution < 1.29 is 9.13 Å². The summed E-state index contributed by atoms with van der Waals surface area (Å²) >= 11 is 1.95. The van der Waals surface area contributed by atoms with Crippen molar-refractivity contribution >= 4 is 41.7 Å². The van der Waals surface area contributed by atoms with E-state index in [-0.39, 0.29) is 29.8 Å². The molecule has 0 spiro atoms. The predicted molar refractivity (Wildman–Crippen MR) is 111 cm³/mol. The molecule has 1 aliphatic rings. The second-order valence-electron chi connectivity index (χ2n) is 5.67. The molecule has 1 aliphatic carbocycles. The number of hydrogen-bond acceptors (Lipinski definition) is 3. The number of hydrogen-bond donors (Lipinski definition) is 2. The Kier molecular flexibility index (Phi) is 10.5. The molecule has 136 valence electrons. The van der Waals surface area contributed by atoms with Gasteiger partial charge < -0.3 is 15.4 Å². The number of halogens is 2. The molecule has 1 aromatic rings. The summed E-state index contributed by atoms with van der Waals surface area (Å²) in [5.74, 6) is 1.31. The molecule has 2 rings (SSSR count). The average Bonchev–Trinajstić information content (AvgIpc) is 3.03. The number of nitrogens with one attached hydrogen (secondary N) is 2. The Labute approximate surface area is 165 Å². The van der Waals surface area contributed by atoms with E-state index in [0.717, 1.165) is 24.2 Å². The van der Waals surface area contributed by atoms with E-state index < -0.39 is 0 Å². The Hall–Kier alpha value is -0.700. The third kappa shape index (κ3) is 7.46. The summed E-state index contributed by atoms with van der Waals surface area (Å²) in [6, 6.07) is 6.62. The van der Waals surface area contributed by atoms with E-state index in [1.807, 2.05) is 11.8 Å². The number of nitrogens with zero attached hydrogens (tertiary/aromatic N) is 1. The van der Waals surface area contributed by atoms with Crippen LogP contribution in [0.2, 0.25) is 0 Å². The Bertz CT molecular complexity index is 501. The zero-order valence-corrected chi connectivity index (χ0v) is 17.4. The first-order valence-electron chi connectivity index (χ1n) is 8.09. The van der Waals surface area contributed by atoms with Gasteiger partial charge in [0.05, 0.1) is 6.61 Å². The Morgan fingerprint density at radius 2 is 2.08 bits per heavy atom. The molecular weight excluding hydrogens is 440 g/mol. The van der Waals surface area contributed by atoms with Crippen molar-refractivity contribution in [2.75, 3.05) is 26.5 Å². The van der Waals surface area contributed by atoms with Gasteiger partial charge in [-0.05, 0) is 56.2 Å². The zero-order valence-electron chi connectivity index (χ0n) is 14.3. The van der Waals surface area contributed by atoms with Gasteiger partial charge in [-0.1, -0.05) is 0 Å². The fraction of sp³-hybridized carbons (Fsp3) is 0.588. The number of guanidine groups is 1. The van der Waals surface area contributed by atoms with Crippen LogP contribution in [-0.2, 0) is 0 Å². The van der Waals surface area contributed by atoms with Gasteiger partial charge in [0.15, 0.2) is 5.96 Å². The van der Waals surface area contributed by atoms with Crippen LogP contribution < -0.4 is 15.4 Å². The summed E-state index contributed by atoms with van der Waals surface area (Å²) < 4.78 is 18.4. The summed E-state index contributed by atoms with van der Waals surface area (Å²) in [6.45, 7) is 1.38. The van der Waals surface area contributed by atoms with Crippen LogP contribution in [0.25, 0.3) is 0 Å². The Morgan fingerprint density at radius 3 is 2.71 bits per heavy atom. The van der Waals surface area contributed by atoms with Gasteiger partial charge in [0, 0.05) is 24.9 Å².